The summed E-state index contributed by atoms with van der Waals surface area (Å²) in [6.45, 7) is 8.36. The smallest absolute Gasteiger partial charge is 0.308 e. The molecule has 0 amide bonds. The Balaban J connectivity index is 3.42. The van der Waals surface area contributed by atoms with Crippen molar-refractivity contribution in [2.45, 2.75) is 45.9 Å². The maximum atomic E-state index is 13.7. The van der Waals surface area contributed by atoms with Crippen LogP contribution in [-0.4, -0.2) is 36.2 Å². The molecule has 168 valence electrons. The molecule has 0 heterocycles. The fourth-order valence-electron chi connectivity index (χ4n) is 2.63. The molecule has 0 saturated heterocycles. The zero-order chi connectivity index (χ0) is 22.8. The Labute approximate surface area is 177 Å². The van der Waals surface area contributed by atoms with E-state index in [1.807, 2.05) is 0 Å². The van der Waals surface area contributed by atoms with Crippen molar-refractivity contribution in [3.63, 3.8) is 0 Å². The number of nitrogens with zero attached hydrogens (tertiary/aromatic N) is 1. The lowest BCUT2D eigenvalue weighted by atomic mass is 10.2. The molecule has 0 fully saturated rings. The number of non-ortho nitro benzene ring substituents is 1. The molecule has 0 spiro atoms. The van der Waals surface area contributed by atoms with Gasteiger partial charge in [-0.05, 0) is 46.8 Å². The Bertz CT molecular complexity index is 810. The second kappa shape index (κ2) is 11.8. The molecular weight excluding hydrogens is 432 g/mol. The average Bonchev–Trinajstić information content (AvgIpc) is 2.68. The standard InChI is InChI=1S/C19H29NO8P2/c1-6-25-29(23,26-7-2)19(5,30(24,27-8-3)28-9-4)16-10-11-17-12-14-18(15-13-17)20(21)22/h12-15H,6-9,16H2,1-5H3. The van der Waals surface area contributed by atoms with E-state index in [1.54, 1.807) is 27.7 Å². The van der Waals surface area contributed by atoms with Crippen LogP contribution < -0.4 is 0 Å². The quantitative estimate of drug-likeness (QED) is 0.171. The first-order chi connectivity index (χ1) is 14.1. The first-order valence-corrected chi connectivity index (χ1v) is 12.7. The third kappa shape index (κ3) is 6.01. The molecule has 11 heteroatoms. The molecule has 0 aliphatic carbocycles. The second-order valence-electron chi connectivity index (χ2n) is 6.17. The molecule has 0 bridgehead atoms. The van der Waals surface area contributed by atoms with Crippen molar-refractivity contribution in [1.29, 1.82) is 0 Å². The van der Waals surface area contributed by atoms with Crippen molar-refractivity contribution in [2.24, 2.45) is 0 Å². The van der Waals surface area contributed by atoms with Crippen LogP contribution in [0.15, 0.2) is 24.3 Å². The molecule has 0 saturated carbocycles. The van der Waals surface area contributed by atoms with Crippen LogP contribution in [0.3, 0.4) is 0 Å². The molecule has 0 N–H and O–H groups in total. The Morgan fingerprint density at radius 3 is 1.63 bits per heavy atom. The van der Waals surface area contributed by atoms with E-state index < -0.39 is 25.0 Å². The van der Waals surface area contributed by atoms with E-state index in [1.165, 1.54) is 31.2 Å². The number of hydrogen-bond acceptors (Lipinski definition) is 8. The fraction of sp³-hybridized carbons (Fsp3) is 0.579. The molecule has 1 aromatic rings. The number of nitro groups is 1. The van der Waals surface area contributed by atoms with E-state index in [0.717, 1.165) is 0 Å². The van der Waals surface area contributed by atoms with Gasteiger partial charge in [-0.15, -0.1) is 0 Å². The van der Waals surface area contributed by atoms with Crippen molar-refractivity contribution in [2.75, 3.05) is 26.4 Å². The summed E-state index contributed by atoms with van der Waals surface area (Å²) < 4.78 is 49.3. The largest absolute Gasteiger partial charge is 0.349 e. The highest BCUT2D eigenvalue weighted by atomic mass is 31.2. The third-order valence-electron chi connectivity index (χ3n) is 4.11. The molecule has 0 radical (unpaired) electrons. The van der Waals surface area contributed by atoms with Crippen molar-refractivity contribution >= 4 is 20.9 Å². The van der Waals surface area contributed by atoms with E-state index in [9.17, 15) is 19.2 Å². The lowest BCUT2D eigenvalue weighted by Gasteiger charge is -2.38. The lowest BCUT2D eigenvalue weighted by Crippen LogP contribution is -2.30. The van der Waals surface area contributed by atoms with Gasteiger partial charge in [0.1, 0.15) is 0 Å². The zero-order valence-corrected chi connectivity index (χ0v) is 19.7. The number of nitro benzene ring substituents is 1. The van der Waals surface area contributed by atoms with Gasteiger partial charge in [0.15, 0.2) is 4.90 Å². The Kier molecular flexibility index (Phi) is 10.4. The van der Waals surface area contributed by atoms with Gasteiger partial charge in [0.25, 0.3) is 5.69 Å². The summed E-state index contributed by atoms with van der Waals surface area (Å²) in [6, 6.07) is 5.66. The van der Waals surface area contributed by atoms with Gasteiger partial charge in [-0.3, -0.25) is 19.2 Å². The molecule has 0 atom stereocenters. The molecule has 1 aromatic carbocycles. The van der Waals surface area contributed by atoms with Gasteiger partial charge >= 0.3 is 15.2 Å². The normalized spacial score (nSPS) is 12.3. The monoisotopic (exact) mass is 461 g/mol. The molecule has 0 aliphatic heterocycles. The van der Waals surface area contributed by atoms with Crippen LogP contribution in [0.25, 0.3) is 0 Å². The average molecular weight is 461 g/mol. The lowest BCUT2D eigenvalue weighted by molar-refractivity contribution is -0.384. The fourth-order valence-corrected chi connectivity index (χ4v) is 7.69. The third-order valence-corrected chi connectivity index (χ3v) is 10.6. The van der Waals surface area contributed by atoms with Crippen molar-refractivity contribution in [3.05, 3.63) is 39.9 Å². The summed E-state index contributed by atoms with van der Waals surface area (Å²) in [6.07, 6.45) is -0.168. The Morgan fingerprint density at radius 2 is 1.30 bits per heavy atom. The van der Waals surface area contributed by atoms with Crippen LogP contribution >= 0.6 is 15.2 Å². The summed E-state index contributed by atoms with van der Waals surface area (Å²) in [4.78, 5) is 8.60. The zero-order valence-electron chi connectivity index (χ0n) is 18.0. The summed E-state index contributed by atoms with van der Waals surface area (Å²) in [7, 11) is -7.94. The molecule has 1 rings (SSSR count). The highest BCUT2D eigenvalue weighted by Crippen LogP contribution is 2.78. The minimum Gasteiger partial charge on any atom is -0.308 e. The van der Waals surface area contributed by atoms with Crippen LogP contribution in [-0.2, 0) is 27.2 Å². The number of rotatable bonds is 12. The number of hydrogen-bond donors (Lipinski definition) is 0. The van der Waals surface area contributed by atoms with Crippen molar-refractivity contribution < 1.29 is 32.1 Å². The second-order valence-corrected chi connectivity index (χ2v) is 11.5. The van der Waals surface area contributed by atoms with Gasteiger partial charge in [0.05, 0.1) is 31.4 Å². The van der Waals surface area contributed by atoms with Gasteiger partial charge in [-0.25, -0.2) is 0 Å². The molecule has 0 aliphatic rings. The number of benzene rings is 1. The van der Waals surface area contributed by atoms with Gasteiger partial charge in [0.2, 0.25) is 0 Å². The molecular formula is C19H29NO8P2. The van der Waals surface area contributed by atoms with E-state index in [2.05, 4.69) is 11.8 Å². The van der Waals surface area contributed by atoms with Crippen LogP contribution in [0.5, 0.6) is 0 Å². The van der Waals surface area contributed by atoms with Crippen molar-refractivity contribution in [1.82, 2.24) is 0 Å². The topological polar surface area (TPSA) is 114 Å². The van der Waals surface area contributed by atoms with Crippen LogP contribution in [0.1, 0.15) is 46.6 Å². The molecule has 0 aromatic heterocycles. The summed E-state index contributed by atoms with van der Waals surface area (Å²) in [5.41, 5.74) is 0.452. The summed E-state index contributed by atoms with van der Waals surface area (Å²) in [5.74, 6) is 5.69. The highest BCUT2D eigenvalue weighted by molar-refractivity contribution is 7.74. The molecule has 30 heavy (non-hydrogen) atoms. The Morgan fingerprint density at radius 1 is 0.900 bits per heavy atom. The SMILES string of the molecule is CCOP(=O)(OCC)C(C)(CC#Cc1ccc([N+](=O)[O-])cc1)P(=O)(OCC)OCC. The maximum Gasteiger partial charge on any atom is 0.349 e. The summed E-state index contributed by atoms with van der Waals surface area (Å²) >= 11 is 0. The maximum absolute atomic E-state index is 13.7. The first-order valence-electron chi connectivity index (χ1n) is 9.64. The minimum absolute atomic E-state index is 0.0558. The first kappa shape index (κ1) is 26.5. The summed E-state index contributed by atoms with van der Waals surface area (Å²) in [5, 5.41) is 10.8. The predicted molar refractivity (Wildman–Crippen MR) is 115 cm³/mol. The van der Waals surface area contributed by atoms with Crippen LogP contribution in [0, 0.1) is 22.0 Å². The van der Waals surface area contributed by atoms with Gasteiger partial charge in [-0.2, -0.15) is 0 Å². The molecule has 0 unspecified atom stereocenters. The van der Waals surface area contributed by atoms with E-state index >= 15 is 0 Å². The Hall–Kier alpha value is -1.52. The minimum atomic E-state index is -3.97. The van der Waals surface area contributed by atoms with Gasteiger partial charge < -0.3 is 18.1 Å². The van der Waals surface area contributed by atoms with Crippen LogP contribution in [0.4, 0.5) is 5.69 Å². The predicted octanol–water partition coefficient (Wildman–Crippen LogP) is 5.58. The van der Waals surface area contributed by atoms with E-state index in [-0.39, 0.29) is 38.5 Å². The van der Waals surface area contributed by atoms with Crippen molar-refractivity contribution in [3.8, 4) is 11.8 Å². The van der Waals surface area contributed by atoms with E-state index in [0.29, 0.717) is 5.56 Å². The van der Waals surface area contributed by atoms with E-state index in [4.69, 9.17) is 18.1 Å². The molecule has 9 nitrogen and oxygen atoms in total. The van der Waals surface area contributed by atoms with Gasteiger partial charge in [0, 0.05) is 24.1 Å². The van der Waals surface area contributed by atoms with Crippen LogP contribution in [0.2, 0.25) is 0 Å². The van der Waals surface area contributed by atoms with Gasteiger partial charge in [-0.1, -0.05) is 11.8 Å². The highest BCUT2D eigenvalue weighted by Gasteiger charge is 2.61.